The molecule has 0 aromatic heterocycles. The number of hydrogen-bond acceptors (Lipinski definition) is 5. The first-order chi connectivity index (χ1) is 9.89. The van der Waals surface area contributed by atoms with Crippen LogP contribution in [0.2, 0.25) is 0 Å². The van der Waals surface area contributed by atoms with Gasteiger partial charge < -0.3 is 24.2 Å². The van der Waals surface area contributed by atoms with E-state index in [0.29, 0.717) is 18.0 Å². The molecule has 0 aliphatic carbocycles. The Kier molecular flexibility index (Phi) is 4.57. The van der Waals surface area contributed by atoms with Gasteiger partial charge in [-0.15, -0.1) is 0 Å². The van der Waals surface area contributed by atoms with Crippen LogP contribution in [-0.4, -0.2) is 41.6 Å². The lowest BCUT2D eigenvalue weighted by molar-refractivity contribution is 0.0201. The molecule has 1 aromatic rings. The molecule has 6 nitrogen and oxygen atoms in total. The summed E-state index contributed by atoms with van der Waals surface area (Å²) in [6.07, 6.45) is -0.450. The smallest absolute Gasteiger partial charge is 0.410 e. The Hall–Kier alpha value is -1.95. The van der Waals surface area contributed by atoms with Gasteiger partial charge in [0, 0.05) is 13.1 Å². The van der Waals surface area contributed by atoms with Crippen molar-refractivity contribution in [3.05, 3.63) is 23.8 Å². The number of fused-ring (bicyclic) bond motifs is 1. The summed E-state index contributed by atoms with van der Waals surface area (Å²) < 4.78 is 15.9. The van der Waals surface area contributed by atoms with Crippen molar-refractivity contribution < 1.29 is 24.1 Å². The molecule has 1 heterocycles. The van der Waals surface area contributed by atoms with Crippen LogP contribution < -0.4 is 9.47 Å². The number of nitrogens with zero attached hydrogens (tertiary/aromatic N) is 1. The number of aliphatic hydroxyl groups excluding tert-OH is 1. The standard InChI is InChI=1S/C15H21NO5/c1-15(2,3)21-14(18)16(6-7-17)9-11-4-5-12-13(8-11)20-10-19-12/h4-5,8,17H,6-7,9-10H2,1-3H3. The maximum absolute atomic E-state index is 12.1. The van der Waals surface area contributed by atoms with Crippen LogP contribution in [0.25, 0.3) is 0 Å². The number of carbonyl (C=O) groups excluding carboxylic acids is 1. The van der Waals surface area contributed by atoms with Crippen molar-refractivity contribution in [2.45, 2.75) is 32.9 Å². The van der Waals surface area contributed by atoms with Crippen molar-refractivity contribution in [2.24, 2.45) is 0 Å². The zero-order chi connectivity index (χ0) is 15.5. The lowest BCUT2D eigenvalue weighted by atomic mass is 10.2. The SMILES string of the molecule is CC(C)(C)OC(=O)N(CCO)Cc1ccc2c(c1)OCO2. The van der Waals surface area contributed by atoms with Gasteiger partial charge in [-0.1, -0.05) is 6.07 Å². The van der Waals surface area contributed by atoms with E-state index in [-0.39, 0.29) is 19.9 Å². The summed E-state index contributed by atoms with van der Waals surface area (Å²) >= 11 is 0. The van der Waals surface area contributed by atoms with Crippen LogP contribution >= 0.6 is 0 Å². The van der Waals surface area contributed by atoms with Gasteiger partial charge >= 0.3 is 6.09 Å². The van der Waals surface area contributed by atoms with E-state index in [0.717, 1.165) is 5.56 Å². The average Bonchev–Trinajstić information content (AvgIpc) is 2.83. The fourth-order valence-electron chi connectivity index (χ4n) is 1.94. The summed E-state index contributed by atoms with van der Waals surface area (Å²) in [4.78, 5) is 13.6. The van der Waals surface area contributed by atoms with Crippen molar-refractivity contribution in [3.63, 3.8) is 0 Å². The molecule has 6 heteroatoms. The quantitative estimate of drug-likeness (QED) is 0.921. The third-order valence-corrected chi connectivity index (χ3v) is 2.83. The minimum atomic E-state index is -0.570. The predicted molar refractivity (Wildman–Crippen MR) is 76.3 cm³/mol. The molecule has 1 amide bonds. The summed E-state index contributed by atoms with van der Waals surface area (Å²) in [5.74, 6) is 1.37. The Bertz CT molecular complexity index is 509. The normalized spacial score (nSPS) is 13.1. The Morgan fingerprint density at radius 3 is 2.71 bits per heavy atom. The largest absolute Gasteiger partial charge is 0.454 e. The van der Waals surface area contributed by atoms with Crippen LogP contribution in [-0.2, 0) is 11.3 Å². The Morgan fingerprint density at radius 2 is 2.05 bits per heavy atom. The van der Waals surface area contributed by atoms with Crippen molar-refractivity contribution in [3.8, 4) is 11.5 Å². The van der Waals surface area contributed by atoms with Gasteiger partial charge in [0.05, 0.1) is 6.61 Å². The van der Waals surface area contributed by atoms with Gasteiger partial charge in [-0.25, -0.2) is 4.79 Å². The van der Waals surface area contributed by atoms with E-state index in [1.165, 1.54) is 4.90 Å². The summed E-state index contributed by atoms with van der Waals surface area (Å²) in [6, 6.07) is 5.50. The summed E-state index contributed by atoms with van der Waals surface area (Å²) in [7, 11) is 0. The van der Waals surface area contributed by atoms with E-state index in [2.05, 4.69) is 0 Å². The van der Waals surface area contributed by atoms with Gasteiger partial charge in [-0.3, -0.25) is 0 Å². The summed E-state index contributed by atoms with van der Waals surface area (Å²) in [5, 5.41) is 9.12. The molecule has 21 heavy (non-hydrogen) atoms. The van der Waals surface area contributed by atoms with E-state index in [4.69, 9.17) is 19.3 Å². The molecule has 0 atom stereocenters. The van der Waals surface area contributed by atoms with Gasteiger partial charge in [0.25, 0.3) is 0 Å². The first-order valence-corrected chi connectivity index (χ1v) is 6.86. The van der Waals surface area contributed by atoms with E-state index in [1.807, 2.05) is 39.0 Å². The highest BCUT2D eigenvalue weighted by Gasteiger charge is 2.22. The lowest BCUT2D eigenvalue weighted by Gasteiger charge is -2.27. The highest BCUT2D eigenvalue weighted by Crippen LogP contribution is 2.32. The number of hydrogen-bond donors (Lipinski definition) is 1. The molecule has 1 N–H and O–H groups in total. The maximum Gasteiger partial charge on any atom is 0.410 e. The maximum atomic E-state index is 12.1. The average molecular weight is 295 g/mol. The second-order valence-corrected chi connectivity index (χ2v) is 5.81. The second kappa shape index (κ2) is 6.22. The molecular weight excluding hydrogens is 274 g/mol. The Morgan fingerprint density at radius 1 is 1.33 bits per heavy atom. The van der Waals surface area contributed by atoms with Crippen LogP contribution in [0, 0.1) is 0 Å². The van der Waals surface area contributed by atoms with E-state index >= 15 is 0 Å². The molecule has 0 saturated carbocycles. The fourth-order valence-corrected chi connectivity index (χ4v) is 1.94. The minimum Gasteiger partial charge on any atom is -0.454 e. The van der Waals surface area contributed by atoms with Crippen molar-refractivity contribution >= 4 is 6.09 Å². The number of aliphatic hydroxyl groups is 1. The van der Waals surface area contributed by atoms with Gasteiger partial charge in [-0.2, -0.15) is 0 Å². The van der Waals surface area contributed by atoms with Crippen molar-refractivity contribution in [1.82, 2.24) is 4.90 Å². The van der Waals surface area contributed by atoms with E-state index in [9.17, 15) is 4.79 Å². The lowest BCUT2D eigenvalue weighted by Crippen LogP contribution is -2.38. The van der Waals surface area contributed by atoms with Crippen LogP contribution in [0.3, 0.4) is 0 Å². The molecule has 0 unspecified atom stereocenters. The fraction of sp³-hybridized carbons (Fsp3) is 0.533. The third-order valence-electron chi connectivity index (χ3n) is 2.83. The number of amides is 1. The molecule has 116 valence electrons. The topological polar surface area (TPSA) is 68.2 Å². The summed E-state index contributed by atoms with van der Waals surface area (Å²) in [5.41, 5.74) is 0.318. The van der Waals surface area contributed by atoms with Crippen molar-refractivity contribution in [1.29, 1.82) is 0 Å². The third kappa shape index (κ3) is 4.26. The van der Waals surface area contributed by atoms with Crippen LogP contribution in [0.15, 0.2) is 18.2 Å². The molecule has 0 bridgehead atoms. The molecule has 0 saturated heterocycles. The zero-order valence-corrected chi connectivity index (χ0v) is 12.6. The van der Waals surface area contributed by atoms with E-state index in [1.54, 1.807) is 0 Å². The van der Waals surface area contributed by atoms with Gasteiger partial charge in [-0.05, 0) is 38.5 Å². The monoisotopic (exact) mass is 295 g/mol. The van der Waals surface area contributed by atoms with E-state index < -0.39 is 11.7 Å². The number of rotatable bonds is 4. The molecule has 1 aromatic carbocycles. The molecule has 0 spiro atoms. The zero-order valence-electron chi connectivity index (χ0n) is 12.6. The second-order valence-electron chi connectivity index (χ2n) is 5.81. The molecule has 2 rings (SSSR count). The number of carbonyl (C=O) groups is 1. The van der Waals surface area contributed by atoms with Crippen molar-refractivity contribution in [2.75, 3.05) is 19.9 Å². The summed E-state index contributed by atoms with van der Waals surface area (Å²) in [6.45, 7) is 6.07. The highest BCUT2D eigenvalue weighted by molar-refractivity contribution is 5.68. The highest BCUT2D eigenvalue weighted by atomic mass is 16.7. The molecular formula is C15H21NO5. The number of benzene rings is 1. The Balaban J connectivity index is 2.07. The van der Waals surface area contributed by atoms with Crippen LogP contribution in [0.1, 0.15) is 26.3 Å². The molecule has 1 aliphatic rings. The molecule has 0 fully saturated rings. The predicted octanol–water partition coefficient (Wildman–Crippen LogP) is 2.14. The molecule has 0 radical (unpaired) electrons. The van der Waals surface area contributed by atoms with Gasteiger partial charge in [0.1, 0.15) is 5.60 Å². The van der Waals surface area contributed by atoms with Gasteiger partial charge in [0.15, 0.2) is 11.5 Å². The minimum absolute atomic E-state index is 0.121. The first kappa shape index (κ1) is 15.4. The van der Waals surface area contributed by atoms with Crippen LogP contribution in [0.5, 0.6) is 11.5 Å². The van der Waals surface area contributed by atoms with Crippen LogP contribution in [0.4, 0.5) is 4.79 Å². The van der Waals surface area contributed by atoms with Gasteiger partial charge in [0.2, 0.25) is 6.79 Å². The first-order valence-electron chi connectivity index (χ1n) is 6.86. The number of ether oxygens (including phenoxy) is 3. The molecule has 1 aliphatic heterocycles. The Labute approximate surface area is 124 Å².